The Labute approximate surface area is 456 Å². The van der Waals surface area contributed by atoms with Crippen LogP contribution in [0.25, 0.3) is 0 Å². The molecule has 4 aromatic rings. The van der Waals surface area contributed by atoms with Crippen LogP contribution >= 0.6 is 15.9 Å². The molecular formula is C58H70BrF3N8O7. The first-order valence-corrected chi connectivity index (χ1v) is 28.0. The number of hydrogen-bond acceptors (Lipinski definition) is 10. The van der Waals surface area contributed by atoms with E-state index in [4.69, 9.17) is 9.47 Å². The fourth-order valence-electron chi connectivity index (χ4n) is 12.5. The average molecular weight is 1130 g/mol. The molecule has 3 aliphatic carbocycles. The van der Waals surface area contributed by atoms with E-state index < -0.39 is 29.1 Å². The van der Waals surface area contributed by atoms with Crippen molar-refractivity contribution in [2.75, 3.05) is 53.1 Å². The van der Waals surface area contributed by atoms with Crippen LogP contribution in [0.2, 0.25) is 0 Å². The molecule has 19 heteroatoms. The highest BCUT2D eigenvalue weighted by molar-refractivity contribution is 9.10. The predicted octanol–water partition coefficient (Wildman–Crippen LogP) is 8.30. The van der Waals surface area contributed by atoms with E-state index in [0.29, 0.717) is 62.3 Å². The van der Waals surface area contributed by atoms with E-state index in [0.717, 1.165) is 60.0 Å². The Morgan fingerprint density at radius 3 is 2.29 bits per heavy atom. The SMILES string of the molecule is CC(C)[C@]1(C(=O)N2Cc3cc(C(F)(F)F)cnc3[C@H](NC(=O)C3CCC(c4ccc(C(=O)NCCOCCOCCNC(=O)[C@H]5CC(=O)N(C)[C@@H]5c5cccnc5)cc4)CC3)C2)CC[C@@H](N[C@@H]2CCc3cc(Br)ccc32)C1. The molecule has 1 saturated heterocycles. The molecule has 0 bridgehead atoms. The van der Waals surface area contributed by atoms with E-state index in [2.05, 4.69) is 79.2 Å². The number of nitrogens with one attached hydrogen (secondary N) is 4. The van der Waals surface area contributed by atoms with E-state index in [1.807, 2.05) is 18.2 Å². The molecule has 3 fully saturated rings. The molecular weight excluding hydrogens is 1060 g/mol. The van der Waals surface area contributed by atoms with Gasteiger partial charge in [-0.2, -0.15) is 13.2 Å². The molecule has 412 valence electrons. The maximum absolute atomic E-state index is 14.9. The van der Waals surface area contributed by atoms with Gasteiger partial charge in [0.25, 0.3) is 5.91 Å². The Balaban J connectivity index is 0.707. The molecule has 15 nitrogen and oxygen atoms in total. The normalized spacial score (nSPS) is 25.1. The first-order valence-electron chi connectivity index (χ1n) is 27.2. The highest BCUT2D eigenvalue weighted by atomic mass is 79.9. The fourth-order valence-corrected chi connectivity index (χ4v) is 12.9. The van der Waals surface area contributed by atoms with Crippen LogP contribution in [0.5, 0.6) is 0 Å². The van der Waals surface area contributed by atoms with E-state index in [9.17, 15) is 37.1 Å². The Morgan fingerprint density at radius 1 is 0.844 bits per heavy atom. The molecule has 6 atom stereocenters. The van der Waals surface area contributed by atoms with Gasteiger partial charge >= 0.3 is 6.18 Å². The number of likely N-dealkylation sites (tertiary alicyclic amines) is 1. The third kappa shape index (κ3) is 12.9. The van der Waals surface area contributed by atoms with Crippen molar-refractivity contribution >= 4 is 45.5 Å². The summed E-state index contributed by atoms with van der Waals surface area (Å²) < 4.78 is 54.5. The van der Waals surface area contributed by atoms with Crippen LogP contribution in [0.15, 0.2) is 83.7 Å². The lowest BCUT2D eigenvalue weighted by molar-refractivity contribution is -0.147. The Kier molecular flexibility index (Phi) is 17.8. The first kappa shape index (κ1) is 56.0. The molecule has 2 aromatic heterocycles. The lowest BCUT2D eigenvalue weighted by atomic mass is 9.73. The number of aromatic nitrogens is 2. The zero-order chi connectivity index (χ0) is 54.4. The molecule has 4 N–H and O–H groups in total. The summed E-state index contributed by atoms with van der Waals surface area (Å²) in [5, 5.41) is 12.8. The lowest BCUT2D eigenvalue weighted by Crippen LogP contribution is -2.52. The molecule has 77 heavy (non-hydrogen) atoms. The van der Waals surface area contributed by atoms with Crippen LogP contribution in [0, 0.1) is 23.2 Å². The highest BCUT2D eigenvalue weighted by Crippen LogP contribution is 2.48. The second-order valence-corrected chi connectivity index (χ2v) is 22.8. The summed E-state index contributed by atoms with van der Waals surface area (Å²) in [6.07, 6.45) is 6.39. The van der Waals surface area contributed by atoms with Crippen molar-refractivity contribution in [1.29, 1.82) is 0 Å². The van der Waals surface area contributed by atoms with Crippen molar-refractivity contribution in [2.24, 2.45) is 23.2 Å². The summed E-state index contributed by atoms with van der Waals surface area (Å²) in [7, 11) is 1.70. The van der Waals surface area contributed by atoms with Gasteiger partial charge in [-0.15, -0.1) is 0 Å². The Bertz CT molecular complexity index is 2760. The van der Waals surface area contributed by atoms with Crippen LogP contribution in [0.3, 0.4) is 0 Å². The number of ether oxygens (including phenoxy) is 2. The van der Waals surface area contributed by atoms with Gasteiger partial charge in [0.05, 0.1) is 61.1 Å². The molecule has 2 saturated carbocycles. The Morgan fingerprint density at radius 2 is 1.58 bits per heavy atom. The number of alkyl halides is 3. The van der Waals surface area contributed by atoms with Gasteiger partial charge in [0, 0.05) is 86.3 Å². The number of hydrogen-bond donors (Lipinski definition) is 4. The number of carbonyl (C=O) groups excluding carboxylic acids is 5. The second kappa shape index (κ2) is 24.5. The van der Waals surface area contributed by atoms with Crippen LogP contribution in [-0.2, 0) is 47.8 Å². The summed E-state index contributed by atoms with van der Waals surface area (Å²) in [4.78, 5) is 79.0. The minimum Gasteiger partial charge on any atom is -0.377 e. The monoisotopic (exact) mass is 1130 g/mol. The summed E-state index contributed by atoms with van der Waals surface area (Å²) in [6, 6.07) is 17.8. The summed E-state index contributed by atoms with van der Waals surface area (Å²) in [6.45, 7) is 5.97. The van der Waals surface area contributed by atoms with Gasteiger partial charge < -0.3 is 40.5 Å². The summed E-state index contributed by atoms with van der Waals surface area (Å²) >= 11 is 3.59. The standard InChI is InChI=1S/C58H70BrF3N8O7/c1-35(2)57(19-18-45(30-57)67-48-17-14-40-28-44(59)15-16-46(40)48)56(75)70-33-42-27-43(58(60,61)62)32-66-51(42)49(34-70)68-54(73)39-12-8-37(9-13-39)36-6-10-38(11-7-36)53(72)64-21-23-76-25-26-77-24-22-65-55(74)47-29-50(71)69(3)52(47)41-5-4-20-63-31-41/h4-7,10-11,15-16,20,27-28,31-32,35,37,39,45,47-49,52,67H,8-9,12-14,17-19,21-26,29-30,33-34H2,1-3H3,(H,64,72)(H,65,74)(H,68,73)/t37?,39?,45-,47+,48-,49-,52-,57+/m1/s1. The molecule has 0 radical (unpaired) electrons. The van der Waals surface area contributed by atoms with Crippen molar-refractivity contribution in [3.8, 4) is 0 Å². The maximum Gasteiger partial charge on any atom is 0.417 e. The maximum atomic E-state index is 14.9. The molecule has 2 aliphatic heterocycles. The van der Waals surface area contributed by atoms with E-state index in [1.165, 1.54) is 11.1 Å². The van der Waals surface area contributed by atoms with Crippen molar-refractivity contribution in [1.82, 2.24) is 41.0 Å². The smallest absolute Gasteiger partial charge is 0.377 e. The number of benzene rings is 2. The van der Waals surface area contributed by atoms with E-state index in [1.54, 1.807) is 47.4 Å². The van der Waals surface area contributed by atoms with Crippen molar-refractivity contribution in [2.45, 2.75) is 121 Å². The molecule has 0 spiro atoms. The first-order chi connectivity index (χ1) is 37.0. The van der Waals surface area contributed by atoms with Gasteiger partial charge in [0.2, 0.25) is 23.6 Å². The fraction of sp³-hybridized carbons (Fsp3) is 0.534. The number of nitrogens with zero attached hydrogens (tertiary/aromatic N) is 4. The molecule has 2 aromatic carbocycles. The van der Waals surface area contributed by atoms with Gasteiger partial charge in [0.1, 0.15) is 0 Å². The van der Waals surface area contributed by atoms with Crippen molar-refractivity contribution in [3.05, 3.63) is 128 Å². The summed E-state index contributed by atoms with van der Waals surface area (Å²) in [5.74, 6) is -1.50. The van der Waals surface area contributed by atoms with Crippen molar-refractivity contribution < 1.29 is 46.6 Å². The van der Waals surface area contributed by atoms with E-state index >= 15 is 0 Å². The predicted molar refractivity (Wildman–Crippen MR) is 285 cm³/mol. The Hall–Kier alpha value is -5.76. The topological polar surface area (TPSA) is 184 Å². The lowest BCUT2D eigenvalue weighted by Gasteiger charge is -2.42. The molecule has 9 rings (SSSR count). The quantitative estimate of drug-likeness (QED) is 0.0667. The highest BCUT2D eigenvalue weighted by Gasteiger charge is 2.51. The number of halogens is 4. The van der Waals surface area contributed by atoms with Crippen LogP contribution < -0.4 is 21.3 Å². The largest absolute Gasteiger partial charge is 0.417 e. The molecule has 5 aliphatic rings. The zero-order valence-electron chi connectivity index (χ0n) is 44.0. The zero-order valence-corrected chi connectivity index (χ0v) is 45.6. The van der Waals surface area contributed by atoms with Gasteiger partial charge in [-0.1, -0.05) is 54.0 Å². The number of fused-ring (bicyclic) bond motifs is 2. The minimum atomic E-state index is -4.62. The van der Waals surface area contributed by atoms with Gasteiger partial charge in [-0.3, -0.25) is 33.9 Å². The van der Waals surface area contributed by atoms with Gasteiger partial charge in [-0.05, 0) is 134 Å². The number of carbonyl (C=O) groups is 5. The number of rotatable bonds is 19. The summed E-state index contributed by atoms with van der Waals surface area (Å²) in [5.41, 5.74) is 4.06. The van der Waals surface area contributed by atoms with Gasteiger partial charge in [0.15, 0.2) is 0 Å². The minimum absolute atomic E-state index is 0.0156. The second-order valence-electron chi connectivity index (χ2n) is 21.9. The molecule has 4 heterocycles. The number of amides is 5. The van der Waals surface area contributed by atoms with Gasteiger partial charge in [-0.25, -0.2) is 0 Å². The van der Waals surface area contributed by atoms with Crippen molar-refractivity contribution in [3.63, 3.8) is 0 Å². The third-order valence-corrected chi connectivity index (χ3v) is 17.4. The van der Waals surface area contributed by atoms with Crippen LogP contribution in [-0.4, -0.2) is 108 Å². The molecule has 0 unspecified atom stereocenters. The number of pyridine rings is 2. The van der Waals surface area contributed by atoms with Crippen LogP contribution in [0.4, 0.5) is 13.2 Å². The third-order valence-electron chi connectivity index (χ3n) is 16.9. The van der Waals surface area contributed by atoms with Crippen LogP contribution in [0.1, 0.15) is 145 Å². The molecule has 5 amide bonds. The van der Waals surface area contributed by atoms with E-state index in [-0.39, 0.29) is 105 Å². The number of aryl methyl sites for hydroxylation is 1. The average Bonchev–Trinajstić information content (AvgIpc) is 4.14.